The number of alkyl halides is 1. The highest BCUT2D eigenvalue weighted by Crippen LogP contribution is 1.95. The average Bonchev–Trinajstić information content (AvgIpc) is 2.14. The Morgan fingerprint density at radius 1 is 1.88 bits per heavy atom. The second kappa shape index (κ2) is 2.09. The number of nitrogens with zero attached hydrogens (tertiary/aromatic N) is 1. The molecule has 0 unspecified atom stereocenters. The highest BCUT2D eigenvalue weighted by molar-refractivity contribution is 5.77. The molecule has 0 saturated carbocycles. The molecule has 1 heterocycles. The lowest BCUT2D eigenvalue weighted by Gasteiger charge is -2.06. The molecule has 1 fully saturated rings. The Labute approximate surface area is 46.4 Å². The third-order valence-corrected chi connectivity index (χ3v) is 1.04. The molecule has 0 spiro atoms. The van der Waals surface area contributed by atoms with Gasteiger partial charge in [-0.3, -0.25) is 10.2 Å². The van der Waals surface area contributed by atoms with Gasteiger partial charge in [-0.15, -0.1) is 0 Å². The molecular weight excluding hydrogens is 111 g/mol. The normalized spacial score (nSPS) is 21.4. The van der Waals surface area contributed by atoms with E-state index in [-0.39, 0.29) is 5.91 Å². The van der Waals surface area contributed by atoms with E-state index in [2.05, 4.69) is 5.43 Å². The van der Waals surface area contributed by atoms with Crippen molar-refractivity contribution in [2.24, 2.45) is 0 Å². The molecule has 4 heteroatoms. The SMILES string of the molecule is O=C1CCN(CF)N1. The van der Waals surface area contributed by atoms with Crippen molar-refractivity contribution in [3.05, 3.63) is 0 Å². The highest BCUT2D eigenvalue weighted by atomic mass is 19.1. The van der Waals surface area contributed by atoms with Crippen LogP contribution in [0.1, 0.15) is 6.42 Å². The number of nitrogens with one attached hydrogen (secondary N) is 1. The molecule has 0 radical (unpaired) electrons. The molecule has 1 aliphatic heterocycles. The van der Waals surface area contributed by atoms with Crippen molar-refractivity contribution in [3.8, 4) is 0 Å². The Hall–Kier alpha value is -0.640. The van der Waals surface area contributed by atoms with Crippen LogP contribution in [0, 0.1) is 0 Å². The molecule has 1 saturated heterocycles. The smallest absolute Gasteiger partial charge is 0.235 e. The Bertz CT molecular complexity index is 106. The van der Waals surface area contributed by atoms with E-state index in [1.807, 2.05) is 0 Å². The second-order valence-corrected chi connectivity index (χ2v) is 1.67. The number of rotatable bonds is 1. The van der Waals surface area contributed by atoms with Gasteiger partial charge in [-0.2, -0.15) is 5.01 Å². The van der Waals surface area contributed by atoms with Gasteiger partial charge in [-0.1, -0.05) is 0 Å². The first-order valence-electron chi connectivity index (χ1n) is 2.43. The molecule has 3 nitrogen and oxygen atoms in total. The van der Waals surface area contributed by atoms with Gasteiger partial charge < -0.3 is 0 Å². The molecule has 0 aromatic carbocycles. The zero-order valence-corrected chi connectivity index (χ0v) is 4.35. The van der Waals surface area contributed by atoms with Gasteiger partial charge >= 0.3 is 0 Å². The van der Waals surface area contributed by atoms with Gasteiger partial charge in [-0.05, 0) is 0 Å². The van der Waals surface area contributed by atoms with Crippen molar-refractivity contribution in [3.63, 3.8) is 0 Å². The average molecular weight is 118 g/mol. The summed E-state index contributed by atoms with van der Waals surface area (Å²) in [6.45, 7) is -0.0962. The molecule has 0 aromatic heterocycles. The minimum absolute atomic E-state index is 0.0948. The van der Waals surface area contributed by atoms with E-state index in [0.717, 1.165) is 0 Å². The van der Waals surface area contributed by atoms with Gasteiger partial charge in [0, 0.05) is 13.0 Å². The van der Waals surface area contributed by atoms with Gasteiger partial charge in [0.25, 0.3) is 0 Å². The molecule has 8 heavy (non-hydrogen) atoms. The van der Waals surface area contributed by atoms with Gasteiger partial charge in [0.2, 0.25) is 5.91 Å². The van der Waals surface area contributed by atoms with E-state index in [1.54, 1.807) is 0 Å². The third-order valence-electron chi connectivity index (χ3n) is 1.04. The number of carbonyl (C=O) groups excluding carboxylic acids is 1. The van der Waals surface area contributed by atoms with Gasteiger partial charge in [0.1, 0.15) is 0 Å². The maximum absolute atomic E-state index is 11.6. The summed E-state index contributed by atoms with van der Waals surface area (Å²) in [5.41, 5.74) is 2.32. The number of halogens is 1. The summed E-state index contributed by atoms with van der Waals surface area (Å²) in [6.07, 6.45) is 0.421. The molecule has 1 rings (SSSR count). The van der Waals surface area contributed by atoms with Crippen LogP contribution in [0.15, 0.2) is 0 Å². The highest BCUT2D eigenvalue weighted by Gasteiger charge is 2.16. The van der Waals surface area contributed by atoms with Crippen molar-refractivity contribution in [1.82, 2.24) is 10.4 Å². The first-order valence-corrected chi connectivity index (χ1v) is 2.43. The van der Waals surface area contributed by atoms with Crippen LogP contribution in [0.2, 0.25) is 0 Å². The van der Waals surface area contributed by atoms with Gasteiger partial charge in [0.15, 0.2) is 6.80 Å². The Kier molecular flexibility index (Phi) is 1.43. The largest absolute Gasteiger partial charge is 0.286 e. The van der Waals surface area contributed by atoms with Crippen molar-refractivity contribution in [2.75, 3.05) is 13.3 Å². The van der Waals surface area contributed by atoms with Crippen molar-refractivity contribution < 1.29 is 9.18 Å². The lowest BCUT2D eigenvalue weighted by Crippen LogP contribution is -2.32. The van der Waals surface area contributed by atoms with Gasteiger partial charge in [-0.25, -0.2) is 4.39 Å². The van der Waals surface area contributed by atoms with Crippen LogP contribution in [-0.2, 0) is 4.79 Å². The zero-order valence-electron chi connectivity index (χ0n) is 4.35. The van der Waals surface area contributed by atoms with Gasteiger partial charge in [0.05, 0.1) is 0 Å². The molecule has 1 amide bonds. The van der Waals surface area contributed by atoms with E-state index in [0.29, 0.717) is 13.0 Å². The predicted molar refractivity (Wildman–Crippen MR) is 25.4 cm³/mol. The molecule has 1 aliphatic rings. The number of hydrogen-bond acceptors (Lipinski definition) is 2. The fraction of sp³-hybridized carbons (Fsp3) is 0.750. The lowest BCUT2D eigenvalue weighted by molar-refractivity contribution is -0.121. The molecule has 1 N–H and O–H groups in total. The fourth-order valence-electron chi connectivity index (χ4n) is 0.614. The van der Waals surface area contributed by atoms with E-state index in [4.69, 9.17) is 0 Å². The second-order valence-electron chi connectivity index (χ2n) is 1.67. The summed E-state index contributed by atoms with van der Waals surface area (Å²) >= 11 is 0. The molecular formula is C4H7FN2O. The van der Waals surface area contributed by atoms with Crippen LogP contribution in [0.5, 0.6) is 0 Å². The predicted octanol–water partition coefficient (Wildman–Crippen LogP) is -0.350. The summed E-state index contributed by atoms with van der Waals surface area (Å²) < 4.78 is 11.6. The number of hydrazine groups is 1. The van der Waals surface area contributed by atoms with Crippen molar-refractivity contribution >= 4 is 5.91 Å². The van der Waals surface area contributed by atoms with E-state index >= 15 is 0 Å². The molecule has 0 atom stereocenters. The summed E-state index contributed by atoms with van der Waals surface area (Å²) in [7, 11) is 0. The van der Waals surface area contributed by atoms with E-state index in [1.165, 1.54) is 5.01 Å². The maximum atomic E-state index is 11.6. The van der Waals surface area contributed by atoms with Crippen molar-refractivity contribution in [2.45, 2.75) is 6.42 Å². The zero-order chi connectivity index (χ0) is 5.98. The maximum Gasteiger partial charge on any atom is 0.235 e. The molecule has 0 bridgehead atoms. The summed E-state index contributed by atoms with van der Waals surface area (Å²) in [4.78, 5) is 10.3. The number of amides is 1. The summed E-state index contributed by atoms with van der Waals surface area (Å²) in [6, 6.07) is 0. The van der Waals surface area contributed by atoms with E-state index < -0.39 is 6.80 Å². The number of carbonyl (C=O) groups is 1. The molecule has 0 aliphatic carbocycles. The first-order chi connectivity index (χ1) is 3.83. The van der Waals surface area contributed by atoms with Crippen LogP contribution in [0.4, 0.5) is 4.39 Å². The van der Waals surface area contributed by atoms with Crippen LogP contribution < -0.4 is 5.43 Å². The number of hydrogen-bond donors (Lipinski definition) is 1. The fourth-order valence-corrected chi connectivity index (χ4v) is 0.614. The Morgan fingerprint density at radius 2 is 2.62 bits per heavy atom. The lowest BCUT2D eigenvalue weighted by atomic mass is 10.4. The van der Waals surface area contributed by atoms with Crippen LogP contribution in [0.25, 0.3) is 0 Å². The van der Waals surface area contributed by atoms with Crippen LogP contribution in [-0.4, -0.2) is 24.3 Å². The monoisotopic (exact) mass is 118 g/mol. The quantitative estimate of drug-likeness (QED) is 0.477. The first kappa shape index (κ1) is 5.50. The standard InChI is InChI=1S/C4H7FN2O/c5-3-7-2-1-4(8)6-7/h1-3H2,(H,6,8). The Balaban J connectivity index is 2.32. The van der Waals surface area contributed by atoms with Crippen molar-refractivity contribution in [1.29, 1.82) is 0 Å². The Morgan fingerprint density at radius 3 is 2.88 bits per heavy atom. The molecule has 46 valence electrons. The molecule has 0 aromatic rings. The minimum Gasteiger partial charge on any atom is -0.286 e. The van der Waals surface area contributed by atoms with Crippen LogP contribution >= 0.6 is 0 Å². The van der Waals surface area contributed by atoms with E-state index in [9.17, 15) is 9.18 Å². The third kappa shape index (κ3) is 0.949. The summed E-state index contributed by atoms with van der Waals surface area (Å²) in [5, 5.41) is 1.24. The minimum atomic E-state index is -0.592. The van der Waals surface area contributed by atoms with Crippen LogP contribution in [0.3, 0.4) is 0 Å². The summed E-state index contributed by atoms with van der Waals surface area (Å²) in [5.74, 6) is -0.0948. The topological polar surface area (TPSA) is 32.3 Å².